The number of H-pyrrole nitrogens is 1. The first-order chi connectivity index (χ1) is 22.1. The molecule has 0 aliphatic rings. The molecule has 0 spiro atoms. The van der Waals surface area contributed by atoms with Crippen LogP contribution in [0.1, 0.15) is 25.3 Å². The van der Waals surface area contributed by atoms with Crippen molar-refractivity contribution in [2.45, 2.75) is 37.5 Å². The highest BCUT2D eigenvalue weighted by atomic mass is 32.2. The number of carbonyl (C=O) groups is 3. The molecule has 0 fully saturated rings. The number of nitrogens with zero attached hydrogens (tertiary/aromatic N) is 3. The number of benzene rings is 1. The van der Waals surface area contributed by atoms with E-state index in [1.807, 2.05) is 0 Å². The maximum atomic E-state index is 13.5. The van der Waals surface area contributed by atoms with Crippen molar-refractivity contribution in [2.75, 3.05) is 64.2 Å². The number of aromatic nitrogens is 4. The van der Waals surface area contributed by atoms with Gasteiger partial charge in [-0.05, 0) is 30.5 Å². The van der Waals surface area contributed by atoms with Gasteiger partial charge in [-0.15, -0.1) is 0 Å². The fourth-order valence-corrected chi connectivity index (χ4v) is 5.05. The van der Waals surface area contributed by atoms with E-state index in [0.29, 0.717) is 70.7 Å². The molecule has 2 heterocycles. The summed E-state index contributed by atoms with van der Waals surface area (Å²) in [5.41, 5.74) is 6.25. The lowest BCUT2D eigenvalue weighted by Gasteiger charge is -2.17. The van der Waals surface area contributed by atoms with Crippen LogP contribution in [-0.4, -0.2) is 107 Å². The highest BCUT2D eigenvalue weighted by molar-refractivity contribution is 7.99. The van der Waals surface area contributed by atoms with Gasteiger partial charge >= 0.3 is 6.09 Å². The lowest BCUT2D eigenvalue weighted by atomic mass is 10.2. The molecule has 252 valence electrons. The lowest BCUT2D eigenvalue weighted by molar-refractivity contribution is -0.127. The molecule has 0 aliphatic carbocycles. The third-order valence-corrected chi connectivity index (χ3v) is 7.24. The van der Waals surface area contributed by atoms with Crippen molar-refractivity contribution in [3.05, 3.63) is 46.0 Å². The first-order valence-corrected chi connectivity index (χ1v) is 15.5. The van der Waals surface area contributed by atoms with Crippen LogP contribution in [0, 0.1) is 5.82 Å². The number of nitrogens with two attached hydrogens (primary N) is 1. The second kappa shape index (κ2) is 19.3. The number of thioether (sulfide) groups is 1. The number of halogens is 1. The predicted octanol–water partition coefficient (Wildman–Crippen LogP) is 0.700. The number of rotatable bonds is 21. The van der Waals surface area contributed by atoms with Crippen molar-refractivity contribution in [3.8, 4) is 0 Å². The summed E-state index contributed by atoms with van der Waals surface area (Å²) in [5.74, 6) is -1.17. The van der Waals surface area contributed by atoms with Gasteiger partial charge < -0.3 is 41.0 Å². The second-order valence-electron chi connectivity index (χ2n) is 9.86. The maximum absolute atomic E-state index is 13.5. The van der Waals surface area contributed by atoms with Gasteiger partial charge in [0.05, 0.1) is 33.0 Å². The van der Waals surface area contributed by atoms with Crippen LogP contribution in [0.15, 0.2) is 34.2 Å². The summed E-state index contributed by atoms with van der Waals surface area (Å²) in [4.78, 5) is 58.7. The summed E-state index contributed by atoms with van der Waals surface area (Å²) in [5, 5.41) is 16.5. The van der Waals surface area contributed by atoms with Gasteiger partial charge in [0.2, 0.25) is 17.8 Å². The zero-order valence-corrected chi connectivity index (χ0v) is 26.2. The molecular formula is C28H39FN8O8S. The van der Waals surface area contributed by atoms with E-state index < -0.39 is 35.3 Å². The fraction of sp³-hybridized carbons (Fsp3) is 0.500. The number of ether oxygens (including phenoxy) is 3. The Kier molecular flexibility index (Phi) is 15.2. The standard InChI is InChI=1S/C28H39FN8O8S/c1-18(38)33-21(24(39)31-8-2-10-43-12-14-45-15-13-44-11-3-9-32-28(41)42)17-46-27-34-22-23(35-26(30)36-25(22)40)37(27)16-19-4-6-20(29)7-5-19/h4-7,21,32H,2-3,8-17H2,1H3,(H,31,39)(H,33,38)(H,41,42)(H3,30,35,36,40)/t21-/m0/s1. The van der Waals surface area contributed by atoms with E-state index in [-0.39, 0.29) is 29.4 Å². The quantitative estimate of drug-likeness (QED) is 0.0683. The zero-order chi connectivity index (χ0) is 33.3. The van der Waals surface area contributed by atoms with Crippen LogP contribution in [0.2, 0.25) is 0 Å². The van der Waals surface area contributed by atoms with Gasteiger partial charge in [0, 0.05) is 39.0 Å². The Bertz CT molecular complexity index is 1490. The van der Waals surface area contributed by atoms with Crippen molar-refractivity contribution < 1.29 is 38.1 Å². The molecule has 2 aromatic heterocycles. The van der Waals surface area contributed by atoms with Crippen LogP contribution in [-0.2, 0) is 30.3 Å². The Morgan fingerprint density at radius 1 is 1.00 bits per heavy atom. The summed E-state index contributed by atoms with van der Waals surface area (Å²) < 4.78 is 31.4. The van der Waals surface area contributed by atoms with E-state index in [1.54, 1.807) is 16.7 Å². The highest BCUT2D eigenvalue weighted by Crippen LogP contribution is 2.24. The Morgan fingerprint density at radius 3 is 2.22 bits per heavy atom. The number of carboxylic acid groups (broad SMARTS) is 1. The first kappa shape index (κ1) is 36.2. The van der Waals surface area contributed by atoms with Gasteiger partial charge in [0.1, 0.15) is 11.9 Å². The highest BCUT2D eigenvalue weighted by Gasteiger charge is 2.23. The van der Waals surface area contributed by atoms with Gasteiger partial charge in [-0.2, -0.15) is 4.98 Å². The minimum absolute atomic E-state index is 0.0563. The molecule has 18 heteroatoms. The molecule has 0 unspecified atom stereocenters. The molecule has 0 radical (unpaired) electrons. The first-order valence-electron chi connectivity index (χ1n) is 14.5. The number of hydrogen-bond acceptors (Lipinski definition) is 11. The molecule has 3 aromatic rings. The van der Waals surface area contributed by atoms with Crippen molar-refractivity contribution in [2.24, 2.45) is 0 Å². The van der Waals surface area contributed by atoms with E-state index in [1.165, 1.54) is 19.1 Å². The molecule has 46 heavy (non-hydrogen) atoms. The third-order valence-electron chi connectivity index (χ3n) is 6.17. The van der Waals surface area contributed by atoms with Crippen LogP contribution >= 0.6 is 11.8 Å². The molecular weight excluding hydrogens is 627 g/mol. The Labute approximate surface area is 268 Å². The minimum atomic E-state index is -1.06. The average molecular weight is 667 g/mol. The maximum Gasteiger partial charge on any atom is 0.404 e. The van der Waals surface area contributed by atoms with Gasteiger partial charge in [-0.25, -0.2) is 14.2 Å². The number of imidazole rings is 1. The lowest BCUT2D eigenvalue weighted by Crippen LogP contribution is -2.48. The molecule has 0 saturated heterocycles. The number of aromatic amines is 1. The molecule has 1 aromatic carbocycles. The van der Waals surface area contributed by atoms with E-state index in [2.05, 4.69) is 30.9 Å². The van der Waals surface area contributed by atoms with Crippen LogP contribution in [0.4, 0.5) is 15.1 Å². The Morgan fingerprint density at radius 2 is 1.61 bits per heavy atom. The summed E-state index contributed by atoms with van der Waals surface area (Å²) >= 11 is 1.15. The second-order valence-corrected chi connectivity index (χ2v) is 10.8. The number of nitrogen functional groups attached to an aromatic ring is 1. The van der Waals surface area contributed by atoms with Gasteiger partial charge in [0.15, 0.2) is 16.3 Å². The SMILES string of the molecule is CC(=O)N[C@@H](CSc1nc2c(=O)[nH]c(N)nc2n1Cc1ccc(F)cc1)C(=O)NCCCOCCOCCOCCCNC(=O)O. The van der Waals surface area contributed by atoms with Crippen molar-refractivity contribution in [1.29, 1.82) is 0 Å². The molecule has 0 bridgehead atoms. The summed E-state index contributed by atoms with van der Waals surface area (Å²) in [6.07, 6.45) is 0.0474. The van der Waals surface area contributed by atoms with Gasteiger partial charge in [-0.1, -0.05) is 23.9 Å². The number of nitrogens with one attached hydrogen (secondary N) is 4. The Hall–Kier alpha value is -4.26. The van der Waals surface area contributed by atoms with Crippen LogP contribution in [0.3, 0.4) is 0 Å². The van der Waals surface area contributed by atoms with Crippen molar-refractivity contribution >= 4 is 46.8 Å². The summed E-state index contributed by atoms with van der Waals surface area (Å²) in [7, 11) is 0. The van der Waals surface area contributed by atoms with Gasteiger partial charge in [0.25, 0.3) is 5.56 Å². The van der Waals surface area contributed by atoms with Gasteiger partial charge in [-0.3, -0.25) is 23.9 Å². The normalized spacial score (nSPS) is 11.8. The molecule has 1 atom stereocenters. The molecule has 0 aliphatic heterocycles. The largest absolute Gasteiger partial charge is 0.465 e. The smallest absolute Gasteiger partial charge is 0.404 e. The fourth-order valence-electron chi connectivity index (χ4n) is 4.04. The number of carbonyl (C=O) groups excluding carboxylic acids is 2. The number of fused-ring (bicyclic) bond motifs is 1. The topological polar surface area (TPSA) is 225 Å². The Balaban J connectivity index is 1.43. The third kappa shape index (κ3) is 12.6. The van der Waals surface area contributed by atoms with E-state index in [0.717, 1.165) is 17.3 Å². The predicted molar refractivity (Wildman–Crippen MR) is 167 cm³/mol. The van der Waals surface area contributed by atoms with Crippen molar-refractivity contribution in [1.82, 2.24) is 35.5 Å². The molecule has 3 rings (SSSR count). The monoisotopic (exact) mass is 666 g/mol. The van der Waals surface area contributed by atoms with Crippen LogP contribution < -0.4 is 27.2 Å². The molecule has 3 amide bonds. The molecule has 7 N–H and O–H groups in total. The van der Waals surface area contributed by atoms with Crippen LogP contribution in [0.5, 0.6) is 0 Å². The number of anilines is 1. The molecule has 0 saturated carbocycles. The zero-order valence-electron chi connectivity index (χ0n) is 25.4. The van der Waals surface area contributed by atoms with E-state index >= 15 is 0 Å². The molecule has 16 nitrogen and oxygen atoms in total. The summed E-state index contributed by atoms with van der Waals surface area (Å²) in [6, 6.07) is 4.93. The summed E-state index contributed by atoms with van der Waals surface area (Å²) in [6.45, 7) is 4.49. The minimum Gasteiger partial charge on any atom is -0.465 e. The van der Waals surface area contributed by atoms with Crippen molar-refractivity contribution in [3.63, 3.8) is 0 Å². The van der Waals surface area contributed by atoms with Crippen LogP contribution in [0.25, 0.3) is 11.2 Å². The number of hydrogen-bond donors (Lipinski definition) is 6. The average Bonchev–Trinajstić information content (AvgIpc) is 3.34. The number of amides is 3. The van der Waals surface area contributed by atoms with E-state index in [9.17, 15) is 23.6 Å². The van der Waals surface area contributed by atoms with E-state index in [4.69, 9.17) is 25.1 Å².